The number of carboxylic acids is 1. The second-order valence-electron chi connectivity index (χ2n) is 5.40. The van der Waals surface area contributed by atoms with E-state index < -0.39 is 5.97 Å². The summed E-state index contributed by atoms with van der Waals surface area (Å²) < 4.78 is 0. The third-order valence-corrected chi connectivity index (χ3v) is 4.31. The topological polar surface area (TPSA) is 91.3 Å². The number of amides is 2. The number of aliphatic carboxylic acids is 1. The van der Waals surface area contributed by atoms with Crippen molar-refractivity contribution >= 4 is 23.3 Å². The average Bonchev–Trinajstić information content (AvgIpc) is 3.07. The summed E-state index contributed by atoms with van der Waals surface area (Å²) in [6, 6.07) is 9.22. The molecule has 2 amide bonds. The number of hydrogen-bond donors (Lipinski definition) is 3. The maximum absolute atomic E-state index is 12.0. The summed E-state index contributed by atoms with van der Waals surface area (Å²) in [6.07, 6.45) is 3.44. The van der Waals surface area contributed by atoms with E-state index in [0.29, 0.717) is 25.8 Å². The molecule has 1 heterocycles. The fraction of sp³-hybridized carbons (Fsp3) is 0.353. The van der Waals surface area contributed by atoms with Crippen LogP contribution in [0.4, 0.5) is 4.79 Å². The highest BCUT2D eigenvalue weighted by molar-refractivity contribution is 7.09. The molecule has 0 aliphatic heterocycles. The Morgan fingerprint density at radius 3 is 2.71 bits per heavy atom. The van der Waals surface area contributed by atoms with Gasteiger partial charge in [-0.3, -0.25) is 4.79 Å². The van der Waals surface area contributed by atoms with Crippen LogP contribution in [0.1, 0.15) is 23.4 Å². The first-order valence-corrected chi connectivity index (χ1v) is 8.70. The number of urea groups is 1. The van der Waals surface area contributed by atoms with Gasteiger partial charge in [0.05, 0.1) is 5.01 Å². The fourth-order valence-corrected chi connectivity index (χ4v) is 2.94. The van der Waals surface area contributed by atoms with Crippen LogP contribution in [0.2, 0.25) is 0 Å². The Bertz CT molecular complexity index is 632. The number of aromatic nitrogens is 1. The Kier molecular flexibility index (Phi) is 7.22. The van der Waals surface area contributed by atoms with Crippen LogP contribution in [0.3, 0.4) is 0 Å². The van der Waals surface area contributed by atoms with Gasteiger partial charge < -0.3 is 15.7 Å². The van der Waals surface area contributed by atoms with Gasteiger partial charge in [0.15, 0.2) is 0 Å². The summed E-state index contributed by atoms with van der Waals surface area (Å²) >= 11 is 1.55. The standard InChI is InChI=1S/C17H21N3O3S/c21-16(22)7-6-14(12-13-4-2-1-3-5-13)20-17(23)19-9-8-15-18-10-11-24-15/h1-5,10-11,14H,6-9,12H2,(H,21,22)(H2,19,20,23). The second kappa shape index (κ2) is 9.67. The Hall–Kier alpha value is -2.41. The molecule has 6 nitrogen and oxygen atoms in total. The normalized spacial score (nSPS) is 11.7. The lowest BCUT2D eigenvalue weighted by molar-refractivity contribution is -0.137. The Labute approximate surface area is 144 Å². The van der Waals surface area contributed by atoms with Crippen molar-refractivity contribution in [2.24, 2.45) is 0 Å². The zero-order valence-corrected chi connectivity index (χ0v) is 14.1. The summed E-state index contributed by atoms with van der Waals surface area (Å²) in [5, 5.41) is 17.4. The van der Waals surface area contributed by atoms with Gasteiger partial charge in [-0.15, -0.1) is 11.3 Å². The zero-order chi connectivity index (χ0) is 17.2. The van der Waals surface area contributed by atoms with Gasteiger partial charge in [0.1, 0.15) is 0 Å². The second-order valence-corrected chi connectivity index (χ2v) is 6.37. The predicted molar refractivity (Wildman–Crippen MR) is 93.2 cm³/mol. The Morgan fingerprint density at radius 1 is 1.25 bits per heavy atom. The molecule has 0 saturated heterocycles. The number of carbonyl (C=O) groups is 2. The van der Waals surface area contributed by atoms with Crippen LogP contribution >= 0.6 is 11.3 Å². The van der Waals surface area contributed by atoms with Crippen LogP contribution in [0.5, 0.6) is 0 Å². The fourth-order valence-electron chi connectivity index (χ4n) is 2.32. The van der Waals surface area contributed by atoms with Gasteiger partial charge in [-0.05, 0) is 18.4 Å². The molecule has 0 spiro atoms. The molecule has 0 saturated carbocycles. The molecule has 3 N–H and O–H groups in total. The van der Waals surface area contributed by atoms with Crippen LogP contribution in [-0.2, 0) is 17.6 Å². The van der Waals surface area contributed by atoms with E-state index in [1.54, 1.807) is 17.5 Å². The average molecular weight is 347 g/mol. The molecule has 0 bridgehead atoms. The minimum atomic E-state index is -0.862. The number of carbonyl (C=O) groups excluding carboxylic acids is 1. The molecule has 0 fully saturated rings. The lowest BCUT2D eigenvalue weighted by atomic mass is 10.0. The molecule has 2 aromatic rings. The van der Waals surface area contributed by atoms with Gasteiger partial charge in [0.2, 0.25) is 0 Å². The zero-order valence-electron chi connectivity index (χ0n) is 13.3. The summed E-state index contributed by atoms with van der Waals surface area (Å²) in [5.41, 5.74) is 1.07. The van der Waals surface area contributed by atoms with Crippen LogP contribution < -0.4 is 10.6 Å². The molecule has 0 radical (unpaired) electrons. The van der Waals surface area contributed by atoms with Crippen molar-refractivity contribution in [3.8, 4) is 0 Å². The molecule has 128 valence electrons. The van der Waals surface area contributed by atoms with E-state index in [0.717, 1.165) is 10.6 Å². The minimum Gasteiger partial charge on any atom is -0.481 e. The summed E-state index contributed by atoms with van der Waals surface area (Å²) in [7, 11) is 0. The first-order valence-electron chi connectivity index (χ1n) is 7.82. The van der Waals surface area contributed by atoms with Crippen molar-refractivity contribution in [2.45, 2.75) is 31.7 Å². The Morgan fingerprint density at radius 2 is 2.04 bits per heavy atom. The van der Waals surface area contributed by atoms with Crippen molar-refractivity contribution in [2.75, 3.05) is 6.54 Å². The summed E-state index contributed by atoms with van der Waals surface area (Å²) in [5.74, 6) is -0.862. The smallest absolute Gasteiger partial charge is 0.315 e. The van der Waals surface area contributed by atoms with Gasteiger partial charge >= 0.3 is 12.0 Å². The highest BCUT2D eigenvalue weighted by Gasteiger charge is 2.14. The molecule has 7 heteroatoms. The van der Waals surface area contributed by atoms with Gasteiger partial charge in [-0.2, -0.15) is 0 Å². The van der Waals surface area contributed by atoms with E-state index in [-0.39, 0.29) is 18.5 Å². The first kappa shape index (κ1) is 17.9. The van der Waals surface area contributed by atoms with E-state index in [1.165, 1.54) is 0 Å². The highest BCUT2D eigenvalue weighted by Crippen LogP contribution is 2.08. The molecular weight excluding hydrogens is 326 g/mol. The van der Waals surface area contributed by atoms with Crippen molar-refractivity contribution in [1.29, 1.82) is 0 Å². The summed E-state index contributed by atoms with van der Waals surface area (Å²) in [6.45, 7) is 0.496. The molecule has 1 unspecified atom stereocenters. The largest absolute Gasteiger partial charge is 0.481 e. The van der Waals surface area contributed by atoms with E-state index in [2.05, 4.69) is 15.6 Å². The number of nitrogens with zero attached hydrogens (tertiary/aromatic N) is 1. The number of hydrogen-bond acceptors (Lipinski definition) is 4. The minimum absolute atomic E-state index is 0.0247. The predicted octanol–water partition coefficient (Wildman–Crippen LogP) is 2.46. The van der Waals surface area contributed by atoms with Crippen molar-refractivity contribution in [1.82, 2.24) is 15.6 Å². The molecule has 0 aliphatic carbocycles. The van der Waals surface area contributed by atoms with Gasteiger partial charge in [-0.1, -0.05) is 30.3 Å². The van der Waals surface area contributed by atoms with E-state index in [4.69, 9.17) is 5.11 Å². The van der Waals surface area contributed by atoms with Gasteiger partial charge in [-0.25, -0.2) is 9.78 Å². The lowest BCUT2D eigenvalue weighted by Gasteiger charge is -2.18. The molecule has 0 aliphatic rings. The third-order valence-electron chi connectivity index (χ3n) is 3.47. The molecule has 2 rings (SSSR count). The maximum Gasteiger partial charge on any atom is 0.315 e. The number of thiazole rings is 1. The van der Waals surface area contributed by atoms with E-state index >= 15 is 0 Å². The maximum atomic E-state index is 12.0. The molecule has 1 atom stereocenters. The van der Waals surface area contributed by atoms with Crippen LogP contribution in [0.15, 0.2) is 41.9 Å². The van der Waals surface area contributed by atoms with Crippen LogP contribution in [0, 0.1) is 0 Å². The lowest BCUT2D eigenvalue weighted by Crippen LogP contribution is -2.44. The monoisotopic (exact) mass is 347 g/mol. The molecular formula is C17H21N3O3S. The van der Waals surface area contributed by atoms with E-state index in [9.17, 15) is 9.59 Å². The van der Waals surface area contributed by atoms with Crippen molar-refractivity contribution in [3.05, 3.63) is 52.5 Å². The van der Waals surface area contributed by atoms with Gasteiger partial charge in [0, 0.05) is 37.0 Å². The Balaban J connectivity index is 1.81. The van der Waals surface area contributed by atoms with Crippen LogP contribution in [-0.4, -0.2) is 34.7 Å². The third kappa shape index (κ3) is 6.78. The van der Waals surface area contributed by atoms with E-state index in [1.807, 2.05) is 35.7 Å². The number of nitrogens with one attached hydrogen (secondary N) is 2. The SMILES string of the molecule is O=C(O)CCC(Cc1ccccc1)NC(=O)NCCc1nccs1. The first-order chi connectivity index (χ1) is 11.6. The molecule has 1 aromatic heterocycles. The number of benzene rings is 1. The van der Waals surface area contributed by atoms with Crippen molar-refractivity contribution < 1.29 is 14.7 Å². The van der Waals surface area contributed by atoms with Crippen molar-refractivity contribution in [3.63, 3.8) is 0 Å². The van der Waals surface area contributed by atoms with Gasteiger partial charge in [0.25, 0.3) is 0 Å². The quantitative estimate of drug-likeness (QED) is 0.650. The summed E-state index contributed by atoms with van der Waals surface area (Å²) in [4.78, 5) is 27.0. The number of rotatable bonds is 9. The molecule has 1 aromatic carbocycles. The molecule has 24 heavy (non-hydrogen) atoms. The highest BCUT2D eigenvalue weighted by atomic mass is 32.1. The number of carboxylic acid groups (broad SMARTS) is 1. The van der Waals surface area contributed by atoms with Crippen LogP contribution in [0.25, 0.3) is 0 Å².